The van der Waals surface area contributed by atoms with Crippen LogP contribution in [0.3, 0.4) is 0 Å². The predicted octanol–water partition coefficient (Wildman–Crippen LogP) is 1.10. The van der Waals surface area contributed by atoms with Gasteiger partial charge in [-0.15, -0.1) is 11.3 Å². The molecule has 0 radical (unpaired) electrons. The van der Waals surface area contributed by atoms with Gasteiger partial charge < -0.3 is 11.5 Å². The highest BCUT2D eigenvalue weighted by atomic mass is 32.1. The highest BCUT2D eigenvalue weighted by Gasteiger charge is 2.05. The second-order valence-electron chi connectivity index (χ2n) is 2.35. The predicted molar refractivity (Wildman–Crippen MR) is 50.3 cm³/mol. The molecule has 12 heavy (non-hydrogen) atoms. The first kappa shape index (κ1) is 7.17. The number of hydrogen-bond donors (Lipinski definition) is 2. The minimum absolute atomic E-state index is 0.498. The maximum atomic E-state index is 5.68. The van der Waals surface area contributed by atoms with E-state index in [1.165, 1.54) is 0 Å². The van der Waals surface area contributed by atoms with Crippen LogP contribution in [0.15, 0.2) is 23.7 Å². The van der Waals surface area contributed by atoms with Gasteiger partial charge in [0.25, 0.3) is 0 Å². The Bertz CT molecular complexity index is 376. The average Bonchev–Trinajstić information content (AvgIpc) is 2.64. The molecule has 0 saturated heterocycles. The zero-order valence-electron chi connectivity index (χ0n) is 6.27. The van der Waals surface area contributed by atoms with Crippen LogP contribution in [0.1, 0.15) is 0 Å². The molecular formula is C7H8N4S. The fraction of sp³-hybridized carbons (Fsp3) is 0. The van der Waals surface area contributed by atoms with E-state index in [0.717, 1.165) is 5.00 Å². The Hall–Kier alpha value is -1.49. The van der Waals surface area contributed by atoms with Crippen molar-refractivity contribution >= 4 is 22.8 Å². The number of thiophene rings is 1. The Kier molecular flexibility index (Phi) is 1.51. The lowest BCUT2D eigenvalue weighted by Gasteiger charge is -1.98. The first-order valence-electron chi connectivity index (χ1n) is 3.42. The van der Waals surface area contributed by atoms with Crippen molar-refractivity contribution in [2.24, 2.45) is 0 Å². The Balaban J connectivity index is 2.55. The van der Waals surface area contributed by atoms with E-state index in [2.05, 4.69) is 5.10 Å². The SMILES string of the molecule is Nc1cnn(-c2cccs2)c1N. The Labute approximate surface area is 73.4 Å². The molecule has 2 aromatic rings. The molecule has 0 aliphatic carbocycles. The summed E-state index contributed by atoms with van der Waals surface area (Å²) in [6.45, 7) is 0. The summed E-state index contributed by atoms with van der Waals surface area (Å²) in [7, 11) is 0. The minimum atomic E-state index is 0.498. The molecule has 0 unspecified atom stereocenters. The lowest BCUT2D eigenvalue weighted by atomic mass is 10.5. The van der Waals surface area contributed by atoms with Gasteiger partial charge in [0.2, 0.25) is 0 Å². The summed E-state index contributed by atoms with van der Waals surface area (Å²) in [4.78, 5) is 0. The molecule has 62 valence electrons. The van der Waals surface area contributed by atoms with Gasteiger partial charge in [-0.2, -0.15) is 5.10 Å². The summed E-state index contributed by atoms with van der Waals surface area (Å²) in [5.74, 6) is 0.498. The molecule has 4 N–H and O–H groups in total. The van der Waals surface area contributed by atoms with Crippen LogP contribution in [0, 0.1) is 0 Å². The van der Waals surface area contributed by atoms with Crippen LogP contribution in [-0.2, 0) is 0 Å². The number of nitrogen functional groups attached to an aromatic ring is 2. The molecule has 0 bridgehead atoms. The van der Waals surface area contributed by atoms with Crippen LogP contribution < -0.4 is 11.5 Å². The average molecular weight is 180 g/mol. The largest absolute Gasteiger partial charge is 0.394 e. The number of nitrogens with zero attached hydrogens (tertiary/aromatic N) is 2. The highest BCUT2D eigenvalue weighted by molar-refractivity contribution is 7.12. The molecule has 0 amide bonds. The summed E-state index contributed by atoms with van der Waals surface area (Å²) in [5.41, 5.74) is 11.7. The smallest absolute Gasteiger partial charge is 0.151 e. The first-order valence-corrected chi connectivity index (χ1v) is 4.30. The zero-order chi connectivity index (χ0) is 8.55. The summed E-state index contributed by atoms with van der Waals surface area (Å²) < 4.78 is 1.62. The van der Waals surface area contributed by atoms with E-state index < -0.39 is 0 Å². The van der Waals surface area contributed by atoms with E-state index in [-0.39, 0.29) is 0 Å². The summed E-state index contributed by atoms with van der Waals surface area (Å²) in [6, 6.07) is 3.88. The normalized spacial score (nSPS) is 10.3. The van der Waals surface area contributed by atoms with Gasteiger partial charge >= 0.3 is 0 Å². The second kappa shape index (κ2) is 2.53. The third-order valence-electron chi connectivity index (χ3n) is 1.55. The van der Waals surface area contributed by atoms with Crippen molar-refractivity contribution in [3.63, 3.8) is 0 Å². The fourth-order valence-corrected chi connectivity index (χ4v) is 1.64. The Morgan fingerprint density at radius 3 is 2.75 bits per heavy atom. The van der Waals surface area contributed by atoms with Gasteiger partial charge in [0.05, 0.1) is 11.9 Å². The molecule has 0 aliphatic heterocycles. The van der Waals surface area contributed by atoms with Crippen molar-refractivity contribution in [3.05, 3.63) is 23.7 Å². The fourth-order valence-electron chi connectivity index (χ4n) is 0.937. The third-order valence-corrected chi connectivity index (χ3v) is 2.39. The van der Waals surface area contributed by atoms with Crippen molar-refractivity contribution in [1.29, 1.82) is 0 Å². The van der Waals surface area contributed by atoms with Gasteiger partial charge in [0, 0.05) is 0 Å². The van der Waals surface area contributed by atoms with Gasteiger partial charge in [0.15, 0.2) is 5.82 Å². The molecule has 0 atom stereocenters. The van der Waals surface area contributed by atoms with Gasteiger partial charge in [-0.25, -0.2) is 4.68 Å². The van der Waals surface area contributed by atoms with Crippen molar-refractivity contribution in [2.75, 3.05) is 11.5 Å². The van der Waals surface area contributed by atoms with E-state index in [0.29, 0.717) is 11.5 Å². The highest BCUT2D eigenvalue weighted by Crippen LogP contribution is 2.21. The molecule has 0 aliphatic rings. The van der Waals surface area contributed by atoms with E-state index in [9.17, 15) is 0 Å². The summed E-state index contributed by atoms with van der Waals surface area (Å²) in [5, 5.41) is 6.98. The lowest BCUT2D eigenvalue weighted by Crippen LogP contribution is -2.00. The van der Waals surface area contributed by atoms with Gasteiger partial charge in [-0.05, 0) is 17.5 Å². The van der Waals surface area contributed by atoms with Crippen molar-refractivity contribution in [3.8, 4) is 5.00 Å². The molecule has 2 rings (SSSR count). The lowest BCUT2D eigenvalue weighted by molar-refractivity contribution is 0.908. The molecule has 0 fully saturated rings. The molecule has 0 saturated carbocycles. The summed E-state index contributed by atoms with van der Waals surface area (Å²) in [6.07, 6.45) is 1.55. The molecule has 0 aromatic carbocycles. The molecular weight excluding hydrogens is 172 g/mol. The second-order valence-corrected chi connectivity index (χ2v) is 3.27. The van der Waals surface area contributed by atoms with Crippen LogP contribution in [0.4, 0.5) is 11.5 Å². The van der Waals surface area contributed by atoms with Crippen LogP contribution >= 0.6 is 11.3 Å². The Morgan fingerprint density at radius 1 is 1.42 bits per heavy atom. The van der Waals surface area contributed by atoms with Gasteiger partial charge in [-0.1, -0.05) is 0 Å². The van der Waals surface area contributed by atoms with Gasteiger partial charge in [-0.3, -0.25) is 0 Å². The van der Waals surface area contributed by atoms with E-state index >= 15 is 0 Å². The molecule has 2 aromatic heterocycles. The van der Waals surface area contributed by atoms with Crippen LogP contribution in [-0.4, -0.2) is 9.78 Å². The zero-order valence-corrected chi connectivity index (χ0v) is 7.08. The van der Waals surface area contributed by atoms with Gasteiger partial charge in [0.1, 0.15) is 5.00 Å². The standard InChI is InChI=1S/C7H8N4S/c8-5-4-10-11(7(5)9)6-2-1-3-12-6/h1-4H,8-9H2. The maximum absolute atomic E-state index is 5.68. The van der Waals surface area contributed by atoms with Crippen LogP contribution in [0.25, 0.3) is 5.00 Å². The maximum Gasteiger partial charge on any atom is 0.151 e. The van der Waals surface area contributed by atoms with E-state index in [1.807, 2.05) is 17.5 Å². The third kappa shape index (κ3) is 0.947. The molecule has 2 heterocycles. The van der Waals surface area contributed by atoms with E-state index in [1.54, 1.807) is 22.2 Å². The minimum Gasteiger partial charge on any atom is -0.394 e. The molecule has 0 spiro atoms. The summed E-state index contributed by atoms with van der Waals surface area (Å²) >= 11 is 1.57. The first-order chi connectivity index (χ1) is 5.79. The van der Waals surface area contributed by atoms with Crippen molar-refractivity contribution < 1.29 is 0 Å². The van der Waals surface area contributed by atoms with Crippen LogP contribution in [0.2, 0.25) is 0 Å². The van der Waals surface area contributed by atoms with Crippen molar-refractivity contribution in [1.82, 2.24) is 9.78 Å². The number of nitrogens with two attached hydrogens (primary N) is 2. The van der Waals surface area contributed by atoms with Crippen molar-refractivity contribution in [2.45, 2.75) is 0 Å². The number of rotatable bonds is 1. The molecule has 5 heteroatoms. The Morgan fingerprint density at radius 2 is 2.25 bits per heavy atom. The quantitative estimate of drug-likeness (QED) is 0.690. The topological polar surface area (TPSA) is 69.9 Å². The monoisotopic (exact) mass is 180 g/mol. The number of aromatic nitrogens is 2. The number of anilines is 2. The van der Waals surface area contributed by atoms with Crippen LogP contribution in [0.5, 0.6) is 0 Å². The van der Waals surface area contributed by atoms with E-state index in [4.69, 9.17) is 11.5 Å². The number of hydrogen-bond acceptors (Lipinski definition) is 4. The molecule has 4 nitrogen and oxygen atoms in total.